The molecule has 0 amide bonds. The number of aliphatic hydroxyl groups is 1. The van der Waals surface area contributed by atoms with Crippen molar-refractivity contribution in [1.82, 2.24) is 0 Å². The van der Waals surface area contributed by atoms with Gasteiger partial charge in [-0.15, -0.1) is 0 Å². The number of likely N-dealkylation sites (N-methyl/N-ethyl adjacent to an activating group) is 1. The zero-order chi connectivity index (χ0) is 12.8. The maximum atomic E-state index is 9.62. The highest BCUT2D eigenvalue weighted by atomic mass is 35.5. The fourth-order valence-corrected chi connectivity index (χ4v) is 1.76. The van der Waals surface area contributed by atoms with E-state index in [-0.39, 0.29) is 6.61 Å². The number of rotatable bonds is 5. The standard InChI is InChI=1S/C12H15ClN2O2/c1-15(7-11(16)8-17-2)12-4-3-10(13)5-9(12)6-14/h3-5,11,16H,7-8H2,1-2H3. The first-order chi connectivity index (χ1) is 8.08. The van der Waals surface area contributed by atoms with Crippen LogP contribution >= 0.6 is 11.6 Å². The van der Waals surface area contributed by atoms with Gasteiger partial charge in [-0.2, -0.15) is 5.26 Å². The number of hydrogen-bond donors (Lipinski definition) is 1. The topological polar surface area (TPSA) is 56.5 Å². The van der Waals surface area contributed by atoms with Gasteiger partial charge in [0.25, 0.3) is 0 Å². The van der Waals surface area contributed by atoms with Gasteiger partial charge in [-0.25, -0.2) is 0 Å². The van der Waals surface area contributed by atoms with Gasteiger partial charge in [0.1, 0.15) is 6.07 Å². The fourth-order valence-electron chi connectivity index (χ4n) is 1.59. The van der Waals surface area contributed by atoms with Crippen LogP contribution < -0.4 is 4.90 Å². The third kappa shape index (κ3) is 3.90. The predicted octanol–water partition coefficient (Wildman–Crippen LogP) is 1.66. The lowest BCUT2D eigenvalue weighted by Gasteiger charge is -2.23. The maximum Gasteiger partial charge on any atom is 0.101 e. The van der Waals surface area contributed by atoms with Gasteiger partial charge in [0.2, 0.25) is 0 Å². The average Bonchev–Trinajstić information content (AvgIpc) is 2.28. The van der Waals surface area contributed by atoms with Gasteiger partial charge in [-0.05, 0) is 18.2 Å². The first-order valence-electron chi connectivity index (χ1n) is 5.16. The molecule has 92 valence electrons. The molecule has 5 heteroatoms. The van der Waals surface area contributed by atoms with E-state index < -0.39 is 6.10 Å². The fraction of sp³-hybridized carbons (Fsp3) is 0.417. The van der Waals surface area contributed by atoms with E-state index in [0.717, 1.165) is 5.69 Å². The number of aliphatic hydroxyl groups excluding tert-OH is 1. The van der Waals surface area contributed by atoms with Crippen molar-refractivity contribution < 1.29 is 9.84 Å². The van der Waals surface area contributed by atoms with Crippen molar-refractivity contribution in [3.8, 4) is 6.07 Å². The summed E-state index contributed by atoms with van der Waals surface area (Å²) < 4.78 is 4.85. The Hall–Kier alpha value is -1.28. The molecule has 0 aromatic heterocycles. The Morgan fingerprint density at radius 3 is 2.88 bits per heavy atom. The number of benzene rings is 1. The molecule has 1 atom stereocenters. The van der Waals surface area contributed by atoms with E-state index in [1.54, 1.807) is 23.1 Å². The molecule has 0 aliphatic rings. The summed E-state index contributed by atoms with van der Waals surface area (Å²) in [4.78, 5) is 1.80. The molecule has 0 fully saturated rings. The molecule has 0 aliphatic carbocycles. The second-order valence-electron chi connectivity index (χ2n) is 3.76. The highest BCUT2D eigenvalue weighted by Gasteiger charge is 2.12. The molecule has 1 aromatic rings. The lowest BCUT2D eigenvalue weighted by molar-refractivity contribution is 0.0695. The second kappa shape index (κ2) is 6.45. The Morgan fingerprint density at radius 2 is 2.29 bits per heavy atom. The third-order valence-corrected chi connectivity index (χ3v) is 2.57. The minimum Gasteiger partial charge on any atom is -0.389 e. The van der Waals surface area contributed by atoms with Crippen LogP contribution in [0.2, 0.25) is 5.02 Å². The molecule has 1 rings (SSSR count). The molecule has 0 bridgehead atoms. The number of anilines is 1. The molecule has 0 spiro atoms. The Kier molecular flexibility index (Phi) is 5.23. The summed E-state index contributed by atoms with van der Waals surface area (Å²) >= 11 is 5.82. The van der Waals surface area contributed by atoms with Crippen molar-refractivity contribution in [2.24, 2.45) is 0 Å². The Balaban J connectivity index is 2.82. The summed E-state index contributed by atoms with van der Waals surface area (Å²) in [6.07, 6.45) is -0.591. The first-order valence-corrected chi connectivity index (χ1v) is 5.54. The number of hydrogen-bond acceptors (Lipinski definition) is 4. The maximum absolute atomic E-state index is 9.62. The highest BCUT2D eigenvalue weighted by molar-refractivity contribution is 6.30. The Labute approximate surface area is 106 Å². The summed E-state index contributed by atoms with van der Waals surface area (Å²) in [7, 11) is 3.34. The van der Waals surface area contributed by atoms with Crippen LogP contribution in [0.1, 0.15) is 5.56 Å². The molecular weight excluding hydrogens is 240 g/mol. The van der Waals surface area contributed by atoms with E-state index in [2.05, 4.69) is 6.07 Å². The van der Waals surface area contributed by atoms with Gasteiger partial charge in [0.15, 0.2) is 0 Å². The molecule has 0 aliphatic heterocycles. The molecule has 0 radical (unpaired) electrons. The first kappa shape index (κ1) is 13.8. The summed E-state index contributed by atoms with van der Waals surface area (Å²) in [6.45, 7) is 0.657. The minimum atomic E-state index is -0.591. The average molecular weight is 255 g/mol. The zero-order valence-electron chi connectivity index (χ0n) is 9.85. The largest absolute Gasteiger partial charge is 0.389 e. The normalized spacial score (nSPS) is 11.9. The van der Waals surface area contributed by atoms with Gasteiger partial charge in [-0.3, -0.25) is 0 Å². The molecule has 1 N–H and O–H groups in total. The molecule has 1 aromatic carbocycles. The van der Waals surface area contributed by atoms with Gasteiger partial charge < -0.3 is 14.7 Å². The molecule has 4 nitrogen and oxygen atoms in total. The zero-order valence-corrected chi connectivity index (χ0v) is 10.6. The summed E-state index contributed by atoms with van der Waals surface area (Å²) in [6, 6.07) is 7.17. The molecule has 0 saturated heterocycles. The lowest BCUT2D eigenvalue weighted by Crippen LogP contribution is -2.32. The molecular formula is C12H15ClN2O2. The quantitative estimate of drug-likeness (QED) is 0.868. The Bertz CT molecular complexity index is 417. The smallest absolute Gasteiger partial charge is 0.101 e. The number of nitriles is 1. The van der Waals surface area contributed by atoms with Gasteiger partial charge in [-0.1, -0.05) is 11.6 Å². The second-order valence-corrected chi connectivity index (χ2v) is 4.20. The van der Waals surface area contributed by atoms with Crippen LogP contribution in [0.3, 0.4) is 0 Å². The summed E-state index contributed by atoms with van der Waals surface area (Å²) in [5.74, 6) is 0. The van der Waals surface area contributed by atoms with E-state index in [1.165, 1.54) is 7.11 Å². The van der Waals surface area contributed by atoms with Crippen LogP contribution in [-0.4, -0.2) is 38.5 Å². The van der Waals surface area contributed by atoms with Crippen LogP contribution in [-0.2, 0) is 4.74 Å². The van der Waals surface area contributed by atoms with Crippen LogP contribution in [0.4, 0.5) is 5.69 Å². The summed E-state index contributed by atoms with van der Waals surface area (Å²) in [5, 5.41) is 19.2. The lowest BCUT2D eigenvalue weighted by atomic mass is 10.1. The molecule has 0 heterocycles. The number of methoxy groups -OCH3 is 1. The van der Waals surface area contributed by atoms with Crippen molar-refractivity contribution >= 4 is 17.3 Å². The Morgan fingerprint density at radius 1 is 1.59 bits per heavy atom. The highest BCUT2D eigenvalue weighted by Crippen LogP contribution is 2.22. The SMILES string of the molecule is COCC(O)CN(C)c1ccc(Cl)cc1C#N. The molecule has 1 unspecified atom stereocenters. The van der Waals surface area contributed by atoms with E-state index >= 15 is 0 Å². The van der Waals surface area contributed by atoms with Crippen molar-refractivity contribution in [3.63, 3.8) is 0 Å². The van der Waals surface area contributed by atoms with Gasteiger partial charge >= 0.3 is 0 Å². The van der Waals surface area contributed by atoms with E-state index in [4.69, 9.17) is 21.6 Å². The third-order valence-electron chi connectivity index (χ3n) is 2.33. The van der Waals surface area contributed by atoms with E-state index in [1.807, 2.05) is 7.05 Å². The number of ether oxygens (including phenoxy) is 1. The van der Waals surface area contributed by atoms with Crippen molar-refractivity contribution in [3.05, 3.63) is 28.8 Å². The predicted molar refractivity (Wildman–Crippen MR) is 67.3 cm³/mol. The monoisotopic (exact) mass is 254 g/mol. The summed E-state index contributed by atoms with van der Waals surface area (Å²) in [5.41, 5.74) is 1.23. The van der Waals surface area contributed by atoms with Crippen LogP contribution in [0, 0.1) is 11.3 Å². The van der Waals surface area contributed by atoms with E-state index in [9.17, 15) is 5.11 Å². The minimum absolute atomic E-state index is 0.264. The van der Waals surface area contributed by atoms with Crippen LogP contribution in [0.25, 0.3) is 0 Å². The molecule has 17 heavy (non-hydrogen) atoms. The van der Waals surface area contributed by atoms with Crippen molar-refractivity contribution in [2.45, 2.75) is 6.10 Å². The van der Waals surface area contributed by atoms with Crippen LogP contribution in [0.15, 0.2) is 18.2 Å². The van der Waals surface area contributed by atoms with Crippen molar-refractivity contribution in [2.75, 3.05) is 32.2 Å². The van der Waals surface area contributed by atoms with Crippen LogP contribution in [0.5, 0.6) is 0 Å². The van der Waals surface area contributed by atoms with Gasteiger partial charge in [0.05, 0.1) is 24.0 Å². The molecule has 0 saturated carbocycles. The number of halogens is 1. The number of nitrogens with zero attached hydrogens (tertiary/aromatic N) is 2. The van der Waals surface area contributed by atoms with Gasteiger partial charge in [0, 0.05) is 25.7 Å². The van der Waals surface area contributed by atoms with Crippen molar-refractivity contribution in [1.29, 1.82) is 5.26 Å². The van der Waals surface area contributed by atoms with E-state index in [0.29, 0.717) is 17.1 Å².